The second-order valence-corrected chi connectivity index (χ2v) is 7.55. The number of nitrogens with zero attached hydrogens (tertiary/aromatic N) is 5. The highest BCUT2D eigenvalue weighted by Crippen LogP contribution is 2.29. The number of aromatic nitrogens is 4. The fourth-order valence-electron chi connectivity index (χ4n) is 2.44. The van der Waals surface area contributed by atoms with Crippen LogP contribution in [-0.4, -0.2) is 68.8 Å². The van der Waals surface area contributed by atoms with Gasteiger partial charge in [-0.15, -0.1) is 5.10 Å². The number of benzene rings is 1. The van der Waals surface area contributed by atoms with Gasteiger partial charge < -0.3 is 14.4 Å². The average molecular weight is 422 g/mol. The van der Waals surface area contributed by atoms with E-state index in [1.54, 1.807) is 23.6 Å². The Balaban J connectivity index is 1.62. The second kappa shape index (κ2) is 9.60. The van der Waals surface area contributed by atoms with Crippen molar-refractivity contribution in [2.24, 2.45) is 0 Å². The molecule has 148 valence electrons. The summed E-state index contributed by atoms with van der Waals surface area (Å²) in [6.07, 6.45) is 1.37. The zero-order valence-electron chi connectivity index (χ0n) is 15.4. The number of hydrogen-bond acceptors (Lipinski definition) is 9. The van der Waals surface area contributed by atoms with Crippen molar-refractivity contribution < 1.29 is 19.1 Å². The molecule has 2 aromatic rings. The van der Waals surface area contributed by atoms with Crippen LogP contribution in [0.25, 0.3) is 5.69 Å². The van der Waals surface area contributed by atoms with Crippen molar-refractivity contribution in [3.05, 3.63) is 35.4 Å². The molecule has 1 aromatic heterocycles. The maximum absolute atomic E-state index is 12.1. The number of esters is 1. The molecule has 0 radical (unpaired) electrons. The summed E-state index contributed by atoms with van der Waals surface area (Å²) in [5.74, 6) is 1.16. The van der Waals surface area contributed by atoms with E-state index in [0.29, 0.717) is 34.8 Å². The van der Waals surface area contributed by atoms with Gasteiger partial charge in [0.25, 0.3) is 0 Å². The molecule has 3 rings (SSSR count). The number of rotatable bonds is 8. The van der Waals surface area contributed by atoms with Crippen LogP contribution in [0.15, 0.2) is 40.5 Å². The van der Waals surface area contributed by atoms with Gasteiger partial charge in [-0.25, -0.2) is 4.79 Å². The molecule has 1 aliphatic heterocycles. The molecule has 0 saturated carbocycles. The van der Waals surface area contributed by atoms with E-state index in [0.717, 1.165) is 11.4 Å². The van der Waals surface area contributed by atoms with Gasteiger partial charge in [-0.3, -0.25) is 4.79 Å². The van der Waals surface area contributed by atoms with Gasteiger partial charge in [0.15, 0.2) is 0 Å². The molecular weight excluding hydrogens is 402 g/mol. The van der Waals surface area contributed by atoms with E-state index in [9.17, 15) is 9.59 Å². The average Bonchev–Trinajstić information content (AvgIpc) is 3.30. The zero-order chi connectivity index (χ0) is 19.9. The summed E-state index contributed by atoms with van der Waals surface area (Å²) in [4.78, 5) is 25.4. The summed E-state index contributed by atoms with van der Waals surface area (Å²) in [5.41, 5.74) is 0.809. The Morgan fingerprint density at radius 3 is 2.86 bits per heavy atom. The molecule has 1 aliphatic rings. The normalized spacial score (nSPS) is 15.3. The second-order valence-electron chi connectivity index (χ2n) is 5.49. The van der Waals surface area contributed by atoms with Crippen molar-refractivity contribution in [2.75, 3.05) is 31.8 Å². The number of carbonyl (C=O) groups is 2. The SMILES string of the molecule is CCOC(=O)C=C1SCC(=O)N1CCSc1nnnn1-c1ccc(OC)cc1. The molecule has 0 spiro atoms. The van der Waals surface area contributed by atoms with E-state index < -0.39 is 5.97 Å². The predicted molar refractivity (Wildman–Crippen MR) is 105 cm³/mol. The minimum absolute atomic E-state index is 0.0316. The third-order valence-electron chi connectivity index (χ3n) is 3.74. The molecule has 11 heteroatoms. The molecule has 1 aromatic carbocycles. The molecule has 9 nitrogen and oxygen atoms in total. The highest BCUT2D eigenvalue weighted by atomic mass is 32.2. The summed E-state index contributed by atoms with van der Waals surface area (Å²) in [6.45, 7) is 2.48. The summed E-state index contributed by atoms with van der Waals surface area (Å²) < 4.78 is 11.7. The van der Waals surface area contributed by atoms with Crippen LogP contribution in [0.2, 0.25) is 0 Å². The maximum Gasteiger partial charge on any atom is 0.333 e. The van der Waals surface area contributed by atoms with Crippen LogP contribution < -0.4 is 4.74 Å². The van der Waals surface area contributed by atoms with Crippen LogP contribution in [0.3, 0.4) is 0 Å². The first-order valence-corrected chi connectivity index (χ1v) is 10.5. The Kier molecular flexibility index (Phi) is 6.93. The third-order valence-corrected chi connectivity index (χ3v) is 5.67. The summed E-state index contributed by atoms with van der Waals surface area (Å²) in [6, 6.07) is 7.39. The van der Waals surface area contributed by atoms with E-state index in [1.165, 1.54) is 29.6 Å². The highest BCUT2D eigenvalue weighted by molar-refractivity contribution is 8.04. The molecule has 0 atom stereocenters. The highest BCUT2D eigenvalue weighted by Gasteiger charge is 2.27. The van der Waals surface area contributed by atoms with Crippen LogP contribution in [0, 0.1) is 0 Å². The van der Waals surface area contributed by atoms with Crippen molar-refractivity contribution >= 4 is 35.4 Å². The fraction of sp³-hybridized carbons (Fsp3) is 0.353. The minimum Gasteiger partial charge on any atom is -0.497 e. The molecule has 28 heavy (non-hydrogen) atoms. The number of methoxy groups -OCH3 is 1. The monoisotopic (exact) mass is 421 g/mol. The van der Waals surface area contributed by atoms with Crippen molar-refractivity contribution in [1.82, 2.24) is 25.1 Å². The van der Waals surface area contributed by atoms with Gasteiger partial charge >= 0.3 is 5.97 Å². The van der Waals surface area contributed by atoms with E-state index in [4.69, 9.17) is 9.47 Å². The number of tetrazole rings is 1. The summed E-state index contributed by atoms with van der Waals surface area (Å²) >= 11 is 2.76. The lowest BCUT2D eigenvalue weighted by atomic mass is 10.3. The summed E-state index contributed by atoms with van der Waals surface area (Å²) in [7, 11) is 1.61. The Bertz CT molecular complexity index is 869. The molecule has 1 amide bonds. The topological polar surface area (TPSA) is 99.4 Å². The van der Waals surface area contributed by atoms with Crippen LogP contribution in [0.1, 0.15) is 6.92 Å². The molecule has 1 saturated heterocycles. The predicted octanol–water partition coefficient (Wildman–Crippen LogP) is 1.74. The first-order chi connectivity index (χ1) is 13.6. The molecule has 2 heterocycles. The van der Waals surface area contributed by atoms with Gasteiger partial charge in [-0.05, 0) is 41.6 Å². The molecule has 1 fully saturated rings. The molecule has 0 N–H and O–H groups in total. The number of ether oxygens (including phenoxy) is 2. The Labute approximate surface area is 170 Å². The molecule has 0 bridgehead atoms. The Hall–Kier alpha value is -2.53. The molecule has 0 aliphatic carbocycles. The molecular formula is C17H19N5O4S2. The van der Waals surface area contributed by atoms with Crippen LogP contribution in [0.4, 0.5) is 0 Å². The molecule has 0 unspecified atom stereocenters. The Morgan fingerprint density at radius 2 is 2.14 bits per heavy atom. The lowest BCUT2D eigenvalue weighted by Gasteiger charge is -2.16. The lowest BCUT2D eigenvalue weighted by Crippen LogP contribution is -2.27. The van der Waals surface area contributed by atoms with Crippen LogP contribution >= 0.6 is 23.5 Å². The fourth-order valence-corrected chi connectivity index (χ4v) is 4.21. The van der Waals surface area contributed by atoms with E-state index in [2.05, 4.69) is 15.5 Å². The smallest absolute Gasteiger partial charge is 0.333 e. The number of amides is 1. The minimum atomic E-state index is -0.444. The van der Waals surface area contributed by atoms with Gasteiger partial charge in [0.2, 0.25) is 11.1 Å². The first kappa shape index (κ1) is 20.2. The number of hydrogen-bond donors (Lipinski definition) is 0. The van der Waals surface area contributed by atoms with Crippen molar-refractivity contribution in [3.63, 3.8) is 0 Å². The van der Waals surface area contributed by atoms with Crippen molar-refractivity contribution in [2.45, 2.75) is 12.1 Å². The standard InChI is InChI=1S/C17H19N5O4S2/c1-3-26-16(24)10-15-21(14(23)11-28-15)8-9-27-17-18-19-20-22(17)12-4-6-13(25-2)7-5-12/h4-7,10H,3,8-9,11H2,1-2H3. The van der Waals surface area contributed by atoms with Crippen molar-refractivity contribution in [1.29, 1.82) is 0 Å². The number of carbonyl (C=O) groups excluding carboxylic acids is 2. The van der Waals surface area contributed by atoms with Gasteiger partial charge in [0.1, 0.15) is 5.75 Å². The Morgan fingerprint density at radius 1 is 1.36 bits per heavy atom. The first-order valence-electron chi connectivity index (χ1n) is 8.49. The van der Waals surface area contributed by atoms with Crippen LogP contribution in [-0.2, 0) is 14.3 Å². The lowest BCUT2D eigenvalue weighted by molar-refractivity contribution is -0.137. The van der Waals surface area contributed by atoms with E-state index >= 15 is 0 Å². The van der Waals surface area contributed by atoms with Gasteiger partial charge in [0, 0.05) is 12.3 Å². The van der Waals surface area contributed by atoms with E-state index in [1.807, 2.05) is 24.3 Å². The van der Waals surface area contributed by atoms with E-state index in [-0.39, 0.29) is 5.91 Å². The van der Waals surface area contributed by atoms with Crippen molar-refractivity contribution in [3.8, 4) is 11.4 Å². The maximum atomic E-state index is 12.1. The summed E-state index contributed by atoms with van der Waals surface area (Å²) in [5, 5.41) is 13.0. The van der Waals surface area contributed by atoms with Gasteiger partial charge in [0.05, 0.1) is 36.3 Å². The largest absolute Gasteiger partial charge is 0.497 e. The van der Waals surface area contributed by atoms with Crippen LogP contribution in [0.5, 0.6) is 5.75 Å². The van der Waals surface area contributed by atoms with Gasteiger partial charge in [-0.2, -0.15) is 4.68 Å². The quantitative estimate of drug-likeness (QED) is 0.358. The zero-order valence-corrected chi connectivity index (χ0v) is 17.0. The number of thioether (sulfide) groups is 2. The third kappa shape index (κ3) is 4.84. The van der Waals surface area contributed by atoms with Gasteiger partial charge in [-0.1, -0.05) is 23.5 Å².